The first-order valence-electron chi connectivity index (χ1n) is 6.02. The quantitative estimate of drug-likeness (QED) is 0.671. The molecule has 0 fully saturated rings. The molecular weight excluding hydrogens is 234 g/mol. The minimum atomic E-state index is -0.425. The van der Waals surface area contributed by atoms with Crippen molar-refractivity contribution in [1.82, 2.24) is 5.06 Å². The van der Waals surface area contributed by atoms with Gasteiger partial charge in [0, 0.05) is 26.3 Å². The standard InChI is InChI=1S/C13H19NO4/c15-10-4-8-14(9-5-11-16)18-13(17)12-6-2-1-3-7-12/h1-3,6-7,15-16H,4-5,8-11H2. The molecule has 0 radical (unpaired) electrons. The van der Waals surface area contributed by atoms with Crippen molar-refractivity contribution in [3.8, 4) is 0 Å². The van der Waals surface area contributed by atoms with Crippen molar-refractivity contribution in [3.63, 3.8) is 0 Å². The lowest BCUT2D eigenvalue weighted by molar-refractivity contribution is -0.113. The van der Waals surface area contributed by atoms with Crippen LogP contribution in [0.5, 0.6) is 0 Å². The van der Waals surface area contributed by atoms with Crippen molar-refractivity contribution >= 4 is 5.97 Å². The molecule has 0 amide bonds. The summed E-state index contributed by atoms with van der Waals surface area (Å²) in [6.45, 7) is 0.987. The fraction of sp³-hybridized carbons (Fsp3) is 0.462. The SMILES string of the molecule is O=C(ON(CCCO)CCCO)c1ccccc1. The maximum atomic E-state index is 11.8. The number of benzene rings is 1. The van der Waals surface area contributed by atoms with Crippen molar-refractivity contribution in [2.45, 2.75) is 12.8 Å². The first-order valence-corrected chi connectivity index (χ1v) is 6.02. The number of carbonyl (C=O) groups is 1. The molecule has 5 heteroatoms. The molecule has 0 saturated carbocycles. The van der Waals surface area contributed by atoms with E-state index in [-0.39, 0.29) is 13.2 Å². The lowest BCUT2D eigenvalue weighted by Gasteiger charge is -2.20. The van der Waals surface area contributed by atoms with Gasteiger partial charge >= 0.3 is 5.97 Å². The smallest absolute Gasteiger partial charge is 0.357 e. The summed E-state index contributed by atoms with van der Waals surface area (Å²) < 4.78 is 0. The predicted molar refractivity (Wildman–Crippen MR) is 66.8 cm³/mol. The van der Waals surface area contributed by atoms with Crippen LogP contribution in [0.4, 0.5) is 0 Å². The Morgan fingerprint density at radius 3 is 2.11 bits per heavy atom. The van der Waals surface area contributed by atoms with Crippen LogP contribution < -0.4 is 0 Å². The van der Waals surface area contributed by atoms with Crippen LogP contribution in [0.2, 0.25) is 0 Å². The summed E-state index contributed by atoms with van der Waals surface area (Å²) in [6, 6.07) is 8.72. The first kappa shape index (κ1) is 14.6. The Hall–Kier alpha value is -1.43. The van der Waals surface area contributed by atoms with E-state index in [1.807, 2.05) is 6.07 Å². The molecule has 1 aromatic rings. The second-order valence-electron chi connectivity index (χ2n) is 3.83. The molecule has 18 heavy (non-hydrogen) atoms. The molecule has 5 nitrogen and oxygen atoms in total. The molecule has 0 aromatic heterocycles. The molecule has 0 bridgehead atoms. The van der Waals surface area contributed by atoms with E-state index in [4.69, 9.17) is 15.1 Å². The molecule has 1 rings (SSSR count). The number of rotatable bonds is 8. The summed E-state index contributed by atoms with van der Waals surface area (Å²) in [7, 11) is 0. The van der Waals surface area contributed by atoms with Gasteiger partial charge < -0.3 is 15.1 Å². The van der Waals surface area contributed by atoms with Crippen LogP contribution in [0.15, 0.2) is 30.3 Å². The minimum absolute atomic E-state index is 0.0402. The Morgan fingerprint density at radius 1 is 1.06 bits per heavy atom. The zero-order chi connectivity index (χ0) is 13.2. The Labute approximate surface area is 107 Å². The summed E-state index contributed by atoms with van der Waals surface area (Å²) in [5, 5.41) is 19.0. The van der Waals surface area contributed by atoms with E-state index < -0.39 is 5.97 Å². The zero-order valence-corrected chi connectivity index (χ0v) is 10.3. The number of aliphatic hydroxyl groups is 2. The van der Waals surface area contributed by atoms with Gasteiger partial charge in [-0.05, 0) is 25.0 Å². The third kappa shape index (κ3) is 5.27. The Bertz CT molecular complexity index is 334. The van der Waals surface area contributed by atoms with Crippen molar-refractivity contribution in [2.24, 2.45) is 0 Å². The van der Waals surface area contributed by atoms with Crippen molar-refractivity contribution in [1.29, 1.82) is 0 Å². The summed E-state index contributed by atoms with van der Waals surface area (Å²) >= 11 is 0. The van der Waals surface area contributed by atoms with Crippen molar-refractivity contribution < 1.29 is 19.8 Å². The molecule has 0 aliphatic heterocycles. The highest BCUT2D eigenvalue weighted by molar-refractivity contribution is 5.89. The van der Waals surface area contributed by atoms with Gasteiger partial charge in [0.25, 0.3) is 0 Å². The van der Waals surface area contributed by atoms with E-state index in [1.54, 1.807) is 24.3 Å². The third-order valence-corrected chi connectivity index (χ3v) is 2.35. The highest BCUT2D eigenvalue weighted by Crippen LogP contribution is 2.04. The second-order valence-corrected chi connectivity index (χ2v) is 3.83. The first-order chi connectivity index (χ1) is 8.77. The Kier molecular flexibility index (Phi) is 7.01. The van der Waals surface area contributed by atoms with E-state index in [2.05, 4.69) is 0 Å². The van der Waals surface area contributed by atoms with E-state index in [9.17, 15) is 4.79 Å². The van der Waals surface area contributed by atoms with Crippen molar-refractivity contribution in [3.05, 3.63) is 35.9 Å². The van der Waals surface area contributed by atoms with Crippen LogP contribution >= 0.6 is 0 Å². The summed E-state index contributed by atoms with van der Waals surface area (Å²) in [5.74, 6) is -0.425. The number of hydroxylamine groups is 2. The molecule has 0 aliphatic carbocycles. The second kappa shape index (κ2) is 8.63. The van der Waals surface area contributed by atoms with Gasteiger partial charge in [0.05, 0.1) is 5.56 Å². The van der Waals surface area contributed by atoms with Crippen LogP contribution in [0.1, 0.15) is 23.2 Å². The van der Waals surface area contributed by atoms with Gasteiger partial charge in [-0.2, -0.15) is 0 Å². The number of hydrogen-bond acceptors (Lipinski definition) is 5. The number of aliphatic hydroxyl groups excluding tert-OH is 2. The van der Waals surface area contributed by atoms with E-state index in [0.29, 0.717) is 31.5 Å². The number of nitrogens with zero attached hydrogens (tertiary/aromatic N) is 1. The van der Waals surface area contributed by atoms with Crippen molar-refractivity contribution in [2.75, 3.05) is 26.3 Å². The maximum Gasteiger partial charge on any atom is 0.357 e. The highest BCUT2D eigenvalue weighted by atomic mass is 16.7. The summed E-state index contributed by atoms with van der Waals surface area (Å²) in [6.07, 6.45) is 1.04. The summed E-state index contributed by atoms with van der Waals surface area (Å²) in [4.78, 5) is 17.0. The molecule has 0 aliphatic rings. The minimum Gasteiger partial charge on any atom is -0.396 e. The van der Waals surface area contributed by atoms with Crippen LogP contribution in [0, 0.1) is 0 Å². The van der Waals surface area contributed by atoms with Gasteiger partial charge in [-0.1, -0.05) is 18.2 Å². The van der Waals surface area contributed by atoms with Crippen LogP contribution in [-0.4, -0.2) is 47.5 Å². The monoisotopic (exact) mass is 253 g/mol. The van der Waals surface area contributed by atoms with E-state index in [0.717, 1.165) is 0 Å². The highest BCUT2D eigenvalue weighted by Gasteiger charge is 2.12. The van der Waals surface area contributed by atoms with Gasteiger partial charge in [0.1, 0.15) is 0 Å². The largest absolute Gasteiger partial charge is 0.396 e. The van der Waals surface area contributed by atoms with Gasteiger partial charge in [-0.15, -0.1) is 5.06 Å². The molecule has 1 aromatic carbocycles. The molecule has 0 spiro atoms. The fourth-order valence-corrected chi connectivity index (χ4v) is 1.44. The maximum absolute atomic E-state index is 11.8. The normalized spacial score (nSPS) is 10.6. The van der Waals surface area contributed by atoms with E-state index >= 15 is 0 Å². The zero-order valence-electron chi connectivity index (χ0n) is 10.3. The van der Waals surface area contributed by atoms with Crippen LogP contribution in [0.3, 0.4) is 0 Å². The summed E-state index contributed by atoms with van der Waals surface area (Å²) in [5.41, 5.74) is 0.482. The van der Waals surface area contributed by atoms with Gasteiger partial charge in [-0.3, -0.25) is 0 Å². The Morgan fingerprint density at radius 2 is 1.61 bits per heavy atom. The van der Waals surface area contributed by atoms with Gasteiger partial charge in [-0.25, -0.2) is 4.79 Å². The molecule has 0 unspecified atom stereocenters. The lowest BCUT2D eigenvalue weighted by atomic mass is 10.2. The molecule has 0 heterocycles. The van der Waals surface area contributed by atoms with Crippen LogP contribution in [0.25, 0.3) is 0 Å². The average molecular weight is 253 g/mol. The number of hydrogen-bond donors (Lipinski definition) is 2. The Balaban J connectivity index is 2.50. The average Bonchev–Trinajstić information content (AvgIpc) is 2.42. The van der Waals surface area contributed by atoms with Gasteiger partial charge in [0.15, 0.2) is 0 Å². The van der Waals surface area contributed by atoms with Crippen LogP contribution in [-0.2, 0) is 4.84 Å². The molecule has 0 saturated heterocycles. The lowest BCUT2D eigenvalue weighted by Crippen LogP contribution is -2.30. The van der Waals surface area contributed by atoms with E-state index in [1.165, 1.54) is 5.06 Å². The predicted octanol–water partition coefficient (Wildman–Crippen LogP) is 0.825. The third-order valence-electron chi connectivity index (χ3n) is 2.35. The number of carbonyl (C=O) groups excluding carboxylic acids is 1. The molecule has 0 atom stereocenters. The molecule has 100 valence electrons. The fourth-order valence-electron chi connectivity index (χ4n) is 1.44. The topological polar surface area (TPSA) is 70.0 Å². The van der Waals surface area contributed by atoms with Gasteiger partial charge in [0.2, 0.25) is 0 Å². The molecular formula is C13H19NO4. The molecule has 2 N–H and O–H groups in total.